The van der Waals surface area contributed by atoms with E-state index in [0.717, 1.165) is 30.1 Å². The van der Waals surface area contributed by atoms with Gasteiger partial charge >= 0.3 is 0 Å². The number of rotatable bonds is 8. The zero-order chi connectivity index (χ0) is 20.4. The number of halogens is 1. The highest BCUT2D eigenvalue weighted by Gasteiger charge is 2.29. The second kappa shape index (κ2) is 10.1. The Labute approximate surface area is 190 Å². The molecule has 6 heteroatoms. The topological polar surface area (TPSA) is 35.6 Å². The van der Waals surface area contributed by atoms with Crippen LogP contribution in [0.25, 0.3) is 0 Å². The van der Waals surface area contributed by atoms with Gasteiger partial charge in [0.05, 0.1) is 11.4 Å². The van der Waals surface area contributed by atoms with Gasteiger partial charge < -0.3 is 15.1 Å². The molecule has 2 aromatic carbocycles. The fourth-order valence-corrected chi connectivity index (χ4v) is 5.14. The minimum absolute atomic E-state index is 0. The highest BCUT2D eigenvalue weighted by molar-refractivity contribution is 7.99. The first kappa shape index (κ1) is 23.0. The molecule has 1 unspecified atom stereocenters. The van der Waals surface area contributed by atoms with Crippen molar-refractivity contribution in [2.45, 2.75) is 48.9 Å². The lowest BCUT2D eigenvalue weighted by molar-refractivity contribution is 0.0953. The van der Waals surface area contributed by atoms with Gasteiger partial charge in [-0.3, -0.25) is 4.79 Å². The monoisotopic (exact) mass is 445 g/mol. The normalized spacial score (nSPS) is 15.8. The number of carbonyl (C=O) groups is 1. The van der Waals surface area contributed by atoms with Gasteiger partial charge in [0.15, 0.2) is 0 Å². The quantitative estimate of drug-likeness (QED) is 0.575. The number of likely N-dealkylation sites (N-methyl/N-ethyl adjacent to an activating group) is 1. The Balaban J connectivity index is 0.00000256. The fraction of sp³-hybridized carbons (Fsp3) is 0.458. The van der Waals surface area contributed by atoms with E-state index in [-0.39, 0.29) is 18.3 Å². The van der Waals surface area contributed by atoms with E-state index in [1.54, 1.807) is 11.8 Å². The van der Waals surface area contributed by atoms with Crippen molar-refractivity contribution in [3.05, 3.63) is 48.0 Å². The molecule has 1 N–H and O–H groups in total. The van der Waals surface area contributed by atoms with Crippen LogP contribution in [0.1, 0.15) is 43.5 Å². The minimum Gasteiger partial charge on any atom is -0.352 e. The Kier molecular flexibility index (Phi) is 7.72. The molecule has 1 aliphatic carbocycles. The Hall–Kier alpha value is -1.69. The molecule has 1 aliphatic heterocycles. The van der Waals surface area contributed by atoms with Crippen LogP contribution in [-0.2, 0) is 0 Å². The molecule has 0 radical (unpaired) electrons. The molecule has 0 spiro atoms. The molecule has 4 rings (SSSR count). The van der Waals surface area contributed by atoms with Crippen LogP contribution < -0.4 is 10.2 Å². The van der Waals surface area contributed by atoms with E-state index in [1.165, 1.54) is 34.9 Å². The van der Waals surface area contributed by atoms with Gasteiger partial charge in [-0.25, -0.2) is 0 Å². The molecule has 0 bridgehead atoms. The summed E-state index contributed by atoms with van der Waals surface area (Å²) in [7, 11) is 2.23. The zero-order valence-electron chi connectivity index (χ0n) is 18.1. The number of nitrogens with zero attached hydrogens (tertiary/aromatic N) is 2. The van der Waals surface area contributed by atoms with Crippen LogP contribution in [0.3, 0.4) is 0 Å². The number of para-hydroxylation sites is 1. The summed E-state index contributed by atoms with van der Waals surface area (Å²) in [5.41, 5.74) is 3.12. The van der Waals surface area contributed by atoms with Gasteiger partial charge in [-0.2, -0.15) is 0 Å². The van der Waals surface area contributed by atoms with E-state index in [1.807, 2.05) is 6.07 Å². The van der Waals surface area contributed by atoms with Gasteiger partial charge in [0.25, 0.3) is 5.91 Å². The predicted molar refractivity (Wildman–Crippen MR) is 129 cm³/mol. The summed E-state index contributed by atoms with van der Waals surface area (Å²) in [4.78, 5) is 20.0. The number of amides is 1. The maximum absolute atomic E-state index is 12.6. The molecule has 1 amide bonds. The summed E-state index contributed by atoms with van der Waals surface area (Å²) in [5, 5.41) is 3.01. The molecule has 2 aromatic rings. The molecule has 1 atom stereocenters. The molecule has 1 fully saturated rings. The Morgan fingerprint density at radius 2 is 1.93 bits per heavy atom. The number of hydrogen-bond donors (Lipinski definition) is 1. The van der Waals surface area contributed by atoms with Crippen molar-refractivity contribution in [3.8, 4) is 0 Å². The lowest BCUT2D eigenvalue weighted by Gasteiger charge is -2.39. The van der Waals surface area contributed by atoms with Gasteiger partial charge in [0, 0.05) is 41.0 Å². The summed E-state index contributed by atoms with van der Waals surface area (Å²) < 4.78 is 0. The summed E-state index contributed by atoms with van der Waals surface area (Å²) in [6.07, 6.45) is 3.69. The summed E-state index contributed by atoms with van der Waals surface area (Å²) in [5.74, 6) is 0.898. The van der Waals surface area contributed by atoms with Crippen LogP contribution in [0.2, 0.25) is 0 Å². The largest absolute Gasteiger partial charge is 0.352 e. The number of nitrogens with one attached hydrogen (secondary N) is 1. The lowest BCUT2D eigenvalue weighted by Crippen LogP contribution is -2.40. The van der Waals surface area contributed by atoms with Gasteiger partial charge in [0.2, 0.25) is 0 Å². The first-order chi connectivity index (χ1) is 14.1. The Morgan fingerprint density at radius 3 is 2.67 bits per heavy atom. The van der Waals surface area contributed by atoms with Crippen LogP contribution in [0.4, 0.5) is 11.4 Å². The molecule has 4 nitrogen and oxygen atoms in total. The Morgan fingerprint density at radius 1 is 1.20 bits per heavy atom. The van der Waals surface area contributed by atoms with Crippen LogP contribution in [-0.4, -0.2) is 43.5 Å². The number of anilines is 2. The van der Waals surface area contributed by atoms with Crippen molar-refractivity contribution < 1.29 is 4.79 Å². The molecule has 1 saturated carbocycles. The molecule has 30 heavy (non-hydrogen) atoms. The van der Waals surface area contributed by atoms with Crippen molar-refractivity contribution in [3.63, 3.8) is 0 Å². The maximum atomic E-state index is 12.6. The molecule has 2 aliphatic rings. The van der Waals surface area contributed by atoms with E-state index in [4.69, 9.17) is 0 Å². The number of benzene rings is 2. The van der Waals surface area contributed by atoms with Gasteiger partial charge in [0.1, 0.15) is 0 Å². The van der Waals surface area contributed by atoms with Gasteiger partial charge in [-0.1, -0.05) is 30.8 Å². The first-order valence-corrected chi connectivity index (χ1v) is 11.6. The average Bonchev–Trinajstić information content (AvgIpc) is 3.53. The standard InChI is InChI=1S/C24H31N3OS.ClH/c1-4-13-25-24(28)19-11-12-23-21(14-19)27(20-7-5-6-8-22(20)29-23)17(2)15-26(3)16-18-9-10-18;/h5-8,11-12,14,17-18H,4,9-10,13,15-16H2,1-3H3,(H,25,28);1H. The number of carbonyl (C=O) groups excluding carboxylic acids is 1. The van der Waals surface area contributed by atoms with Crippen molar-refractivity contribution in [1.82, 2.24) is 10.2 Å². The van der Waals surface area contributed by atoms with Crippen molar-refractivity contribution >= 4 is 41.5 Å². The number of hydrogen-bond acceptors (Lipinski definition) is 4. The molecule has 1 heterocycles. The Bertz CT molecular complexity index is 887. The predicted octanol–water partition coefficient (Wildman–Crippen LogP) is 5.58. The highest BCUT2D eigenvalue weighted by atomic mass is 35.5. The smallest absolute Gasteiger partial charge is 0.251 e. The molecule has 0 saturated heterocycles. The first-order valence-electron chi connectivity index (χ1n) is 10.7. The minimum atomic E-state index is 0. The summed E-state index contributed by atoms with van der Waals surface area (Å²) >= 11 is 1.79. The van der Waals surface area contributed by atoms with E-state index < -0.39 is 0 Å². The molecular formula is C24H32ClN3OS. The average molecular weight is 446 g/mol. The molecule has 162 valence electrons. The maximum Gasteiger partial charge on any atom is 0.251 e. The van der Waals surface area contributed by atoms with Crippen LogP contribution in [0.15, 0.2) is 52.3 Å². The summed E-state index contributed by atoms with van der Waals surface area (Å²) in [6, 6.07) is 15.0. The van der Waals surface area contributed by atoms with E-state index in [2.05, 4.69) is 72.4 Å². The van der Waals surface area contributed by atoms with Gasteiger partial charge in [-0.05, 0) is 69.5 Å². The van der Waals surface area contributed by atoms with E-state index >= 15 is 0 Å². The van der Waals surface area contributed by atoms with Crippen molar-refractivity contribution in [2.75, 3.05) is 31.6 Å². The third-order valence-corrected chi connectivity index (χ3v) is 6.77. The van der Waals surface area contributed by atoms with Crippen LogP contribution in [0, 0.1) is 5.92 Å². The van der Waals surface area contributed by atoms with Crippen LogP contribution >= 0.6 is 24.2 Å². The third-order valence-electron chi connectivity index (χ3n) is 5.64. The van der Waals surface area contributed by atoms with Crippen molar-refractivity contribution in [1.29, 1.82) is 0 Å². The van der Waals surface area contributed by atoms with Gasteiger partial charge in [-0.15, -0.1) is 12.4 Å². The number of fused-ring (bicyclic) bond motifs is 2. The third kappa shape index (κ3) is 5.13. The SMILES string of the molecule is CCCNC(=O)c1ccc2c(c1)N(C(C)CN(C)CC1CC1)c1ccccc1S2.Cl. The van der Waals surface area contributed by atoms with E-state index in [0.29, 0.717) is 12.6 Å². The lowest BCUT2D eigenvalue weighted by atomic mass is 10.1. The highest BCUT2D eigenvalue weighted by Crippen LogP contribution is 2.49. The zero-order valence-corrected chi connectivity index (χ0v) is 19.7. The van der Waals surface area contributed by atoms with E-state index in [9.17, 15) is 4.79 Å². The summed E-state index contributed by atoms with van der Waals surface area (Å²) in [6.45, 7) is 7.26. The van der Waals surface area contributed by atoms with Crippen molar-refractivity contribution in [2.24, 2.45) is 5.92 Å². The second-order valence-electron chi connectivity index (χ2n) is 8.39. The molecular weight excluding hydrogens is 414 g/mol. The fourth-order valence-electron chi connectivity index (χ4n) is 4.09. The second-order valence-corrected chi connectivity index (χ2v) is 9.48. The van der Waals surface area contributed by atoms with Crippen LogP contribution in [0.5, 0.6) is 0 Å². The molecule has 0 aromatic heterocycles.